The van der Waals surface area contributed by atoms with Crippen molar-refractivity contribution in [1.82, 2.24) is 19.9 Å². The van der Waals surface area contributed by atoms with E-state index < -0.39 is 17.9 Å². The molecule has 0 spiro atoms. The minimum absolute atomic E-state index is 0. The number of hydrogen-bond donors (Lipinski definition) is 5. The first kappa shape index (κ1) is 37.3. The smallest absolute Gasteiger partial charge is 0.337 e. The maximum atomic E-state index is 11.6. The van der Waals surface area contributed by atoms with E-state index >= 15 is 0 Å². The molecule has 4 aromatic rings. The van der Waals surface area contributed by atoms with Crippen molar-refractivity contribution < 1.29 is 39.2 Å². The van der Waals surface area contributed by atoms with Crippen molar-refractivity contribution in [3.8, 4) is 22.5 Å². The Morgan fingerprint density at radius 1 is 0.837 bits per heavy atom. The van der Waals surface area contributed by atoms with Crippen molar-refractivity contribution >= 4 is 58.1 Å². The highest BCUT2D eigenvalue weighted by atomic mass is 79.9. The zero-order valence-corrected chi connectivity index (χ0v) is 27.0. The van der Waals surface area contributed by atoms with Gasteiger partial charge in [-0.2, -0.15) is 0 Å². The number of aliphatic carboxylic acids is 1. The van der Waals surface area contributed by atoms with Crippen molar-refractivity contribution in [1.29, 1.82) is 0 Å². The number of aryl methyl sites for hydroxylation is 2. The van der Waals surface area contributed by atoms with E-state index in [0.29, 0.717) is 45.9 Å². The number of rotatable bonds is 7. The molecule has 2 aromatic heterocycles. The Hall–Kier alpha value is -3.75. The number of carbonyl (C=O) groups excluding carboxylic acids is 1. The van der Waals surface area contributed by atoms with E-state index in [-0.39, 0.29) is 34.3 Å². The van der Waals surface area contributed by atoms with Crippen LogP contribution < -0.4 is 0 Å². The lowest BCUT2D eigenvalue weighted by molar-refractivity contribution is -0.134. The number of aromatic amines is 2. The number of aliphatic hydroxyl groups excluding tert-OH is 1. The van der Waals surface area contributed by atoms with Crippen LogP contribution in [0, 0.1) is 13.8 Å². The quantitative estimate of drug-likeness (QED) is 0.146. The number of aliphatic hydroxyl groups is 1. The highest BCUT2D eigenvalue weighted by molar-refractivity contribution is 8.93. The molecule has 2 aromatic carbocycles. The van der Waals surface area contributed by atoms with Gasteiger partial charge < -0.3 is 34.8 Å². The highest BCUT2D eigenvalue weighted by Crippen LogP contribution is 2.30. The van der Waals surface area contributed by atoms with Crippen LogP contribution in [0.5, 0.6) is 0 Å². The summed E-state index contributed by atoms with van der Waals surface area (Å²) in [4.78, 5) is 45.7. The summed E-state index contributed by atoms with van der Waals surface area (Å²) in [5.41, 5.74) is 4.92. The van der Waals surface area contributed by atoms with Crippen LogP contribution in [0.3, 0.4) is 0 Å². The molecule has 15 heteroatoms. The van der Waals surface area contributed by atoms with Crippen LogP contribution in [-0.4, -0.2) is 67.4 Å². The fraction of sp³-hybridized carbons (Fsp3) is 0.250. The van der Waals surface area contributed by atoms with Crippen LogP contribution in [-0.2, 0) is 27.5 Å². The SMILES string of the molecule is Br.CC(=O)O.COCc1nc(-c2cc(C(=O)OC)ccc2C)c(Cl)[nH]1.Cc1ccc(C(=O)O)cc1-c1nc(CO)[nH]c1Cl. The molecule has 5 N–H and O–H groups in total. The van der Waals surface area contributed by atoms with Gasteiger partial charge in [-0.1, -0.05) is 35.3 Å². The summed E-state index contributed by atoms with van der Waals surface area (Å²) in [5, 5.41) is 26.1. The second kappa shape index (κ2) is 17.4. The van der Waals surface area contributed by atoms with E-state index in [0.717, 1.165) is 23.6 Å². The Labute approximate surface area is 267 Å². The van der Waals surface area contributed by atoms with E-state index in [4.69, 9.17) is 52.8 Å². The summed E-state index contributed by atoms with van der Waals surface area (Å²) in [7, 11) is 2.93. The molecule has 0 amide bonds. The number of H-pyrrole nitrogens is 2. The monoisotopic (exact) mass is 700 g/mol. The first-order valence-corrected chi connectivity index (χ1v) is 12.9. The van der Waals surface area contributed by atoms with E-state index in [1.165, 1.54) is 19.2 Å². The number of nitrogens with zero attached hydrogens (tertiary/aromatic N) is 2. The molecule has 43 heavy (non-hydrogen) atoms. The number of carboxylic acid groups (broad SMARTS) is 2. The molecule has 0 aliphatic heterocycles. The zero-order valence-electron chi connectivity index (χ0n) is 23.8. The molecule has 232 valence electrons. The number of carbonyl (C=O) groups is 3. The lowest BCUT2D eigenvalue weighted by Gasteiger charge is -2.06. The van der Waals surface area contributed by atoms with Gasteiger partial charge in [0, 0.05) is 25.2 Å². The molecule has 12 nitrogen and oxygen atoms in total. The summed E-state index contributed by atoms with van der Waals surface area (Å²) in [5.74, 6) is -1.26. The molecule has 4 rings (SSSR count). The number of aromatic nitrogens is 4. The van der Waals surface area contributed by atoms with Gasteiger partial charge in [-0.15, -0.1) is 17.0 Å². The number of methoxy groups -OCH3 is 2. The van der Waals surface area contributed by atoms with Crippen LogP contribution in [0.4, 0.5) is 0 Å². The minimum Gasteiger partial charge on any atom is -0.481 e. The lowest BCUT2D eigenvalue weighted by Crippen LogP contribution is -2.01. The molecular formula is C28H31BrCl2N4O8. The Morgan fingerprint density at radius 3 is 1.70 bits per heavy atom. The average molecular weight is 702 g/mol. The lowest BCUT2D eigenvalue weighted by atomic mass is 10.0. The zero-order chi connectivity index (χ0) is 31.6. The highest BCUT2D eigenvalue weighted by Gasteiger charge is 2.16. The van der Waals surface area contributed by atoms with Crippen molar-refractivity contribution in [2.24, 2.45) is 0 Å². The van der Waals surface area contributed by atoms with Gasteiger partial charge in [-0.05, 0) is 49.2 Å². The first-order chi connectivity index (χ1) is 19.8. The number of esters is 1. The van der Waals surface area contributed by atoms with Gasteiger partial charge in [-0.3, -0.25) is 4.79 Å². The number of aromatic carboxylic acids is 1. The fourth-order valence-corrected chi connectivity index (χ4v) is 4.07. The largest absolute Gasteiger partial charge is 0.481 e. The number of benzene rings is 2. The molecule has 0 saturated heterocycles. The fourth-order valence-electron chi connectivity index (χ4n) is 3.56. The normalized spacial score (nSPS) is 9.95. The summed E-state index contributed by atoms with van der Waals surface area (Å²) < 4.78 is 9.74. The Kier molecular flexibility index (Phi) is 15.1. The molecule has 0 radical (unpaired) electrons. The van der Waals surface area contributed by atoms with Crippen molar-refractivity contribution in [3.63, 3.8) is 0 Å². The number of hydrogen-bond acceptors (Lipinski definition) is 8. The Bertz CT molecular complexity index is 1570. The molecular weight excluding hydrogens is 671 g/mol. The van der Waals surface area contributed by atoms with Gasteiger partial charge in [0.05, 0.1) is 18.2 Å². The third kappa shape index (κ3) is 10.5. The summed E-state index contributed by atoms with van der Waals surface area (Å²) in [6.45, 7) is 4.94. The third-order valence-electron chi connectivity index (χ3n) is 5.50. The van der Waals surface area contributed by atoms with E-state index in [2.05, 4.69) is 19.9 Å². The Morgan fingerprint density at radius 2 is 1.28 bits per heavy atom. The van der Waals surface area contributed by atoms with Gasteiger partial charge >= 0.3 is 11.9 Å². The van der Waals surface area contributed by atoms with E-state index in [1.54, 1.807) is 25.3 Å². The second-order valence-electron chi connectivity index (χ2n) is 8.66. The first-order valence-electron chi connectivity index (χ1n) is 12.1. The molecule has 0 aliphatic carbocycles. The predicted molar refractivity (Wildman–Crippen MR) is 166 cm³/mol. The molecule has 0 bridgehead atoms. The standard InChI is InChI=1S/C14H15ClN2O3.C12H11ClN2O3.C2H4O2.BrH/c1-8-4-5-9(14(18)20-3)6-10(8)12-13(15)17-11(16-12)7-19-2;1-6-2-3-7(12(17)18)4-8(6)10-11(13)15-9(5-16)14-10;1-2(3)4;/h4-6H,7H2,1-3H3,(H,16,17);2-4,16H,5H2,1H3,(H,14,15)(H,17,18);1H3,(H,3,4);1H. The number of carboxylic acids is 2. The van der Waals surface area contributed by atoms with Crippen LogP contribution in [0.2, 0.25) is 10.3 Å². The van der Waals surface area contributed by atoms with Crippen LogP contribution in [0.1, 0.15) is 50.4 Å². The van der Waals surface area contributed by atoms with Gasteiger partial charge in [0.1, 0.15) is 46.6 Å². The van der Waals surface area contributed by atoms with Gasteiger partial charge in [0.15, 0.2) is 0 Å². The molecule has 0 atom stereocenters. The molecule has 0 unspecified atom stereocenters. The van der Waals surface area contributed by atoms with E-state index in [1.807, 2.05) is 19.9 Å². The Balaban J connectivity index is 0.000000376. The van der Waals surface area contributed by atoms with Crippen LogP contribution in [0.25, 0.3) is 22.5 Å². The van der Waals surface area contributed by atoms with E-state index in [9.17, 15) is 9.59 Å². The number of ether oxygens (including phenoxy) is 2. The molecule has 2 heterocycles. The predicted octanol–water partition coefficient (Wildman–Crippen LogP) is 5.87. The number of nitrogens with one attached hydrogen (secondary N) is 2. The maximum Gasteiger partial charge on any atom is 0.337 e. The third-order valence-corrected chi connectivity index (χ3v) is 6.05. The molecule has 0 fully saturated rings. The topological polar surface area (TPSA) is 188 Å². The van der Waals surface area contributed by atoms with Crippen molar-refractivity contribution in [3.05, 3.63) is 80.6 Å². The number of imidazole rings is 2. The van der Waals surface area contributed by atoms with Crippen molar-refractivity contribution in [2.45, 2.75) is 34.0 Å². The number of halogens is 3. The minimum atomic E-state index is -1.01. The summed E-state index contributed by atoms with van der Waals surface area (Å²) in [6.07, 6.45) is 0. The molecule has 0 saturated carbocycles. The second-order valence-corrected chi connectivity index (χ2v) is 9.41. The summed E-state index contributed by atoms with van der Waals surface area (Å²) in [6, 6.07) is 10.0. The summed E-state index contributed by atoms with van der Waals surface area (Å²) >= 11 is 12.1. The molecule has 0 aliphatic rings. The average Bonchev–Trinajstić information content (AvgIpc) is 3.50. The van der Waals surface area contributed by atoms with Crippen molar-refractivity contribution in [2.75, 3.05) is 14.2 Å². The van der Waals surface area contributed by atoms with Crippen LogP contribution in [0.15, 0.2) is 36.4 Å². The van der Waals surface area contributed by atoms with Gasteiger partial charge in [0.2, 0.25) is 0 Å². The van der Waals surface area contributed by atoms with Gasteiger partial charge in [0.25, 0.3) is 5.97 Å². The van der Waals surface area contributed by atoms with Crippen LogP contribution >= 0.6 is 40.2 Å². The maximum absolute atomic E-state index is 11.6. The van der Waals surface area contributed by atoms with Gasteiger partial charge in [-0.25, -0.2) is 19.6 Å².